The predicted molar refractivity (Wildman–Crippen MR) is 67.9 cm³/mol. The molecule has 1 aromatic rings. The van der Waals surface area contributed by atoms with Crippen molar-refractivity contribution in [1.82, 2.24) is 5.32 Å². The highest BCUT2D eigenvalue weighted by molar-refractivity contribution is 6.42. The summed E-state index contributed by atoms with van der Waals surface area (Å²) in [6.45, 7) is 2.18. The first kappa shape index (κ1) is 12.8. The number of benzene rings is 1. The Hall–Kier alpha value is -0.240. The normalized spacial score (nSPS) is 12.8. The highest BCUT2D eigenvalue weighted by Crippen LogP contribution is 2.26. The van der Waals surface area contributed by atoms with Crippen LogP contribution in [0.4, 0.5) is 0 Å². The second-order valence-corrected chi connectivity index (χ2v) is 4.43. The maximum Gasteiger partial charge on any atom is 0.0624 e. The summed E-state index contributed by atoms with van der Waals surface area (Å²) in [5.41, 5.74) is 1.14. The maximum atomic E-state index is 6.11. The van der Waals surface area contributed by atoms with E-state index in [0.29, 0.717) is 16.1 Å². The van der Waals surface area contributed by atoms with E-state index in [4.69, 9.17) is 23.2 Å². The van der Waals surface area contributed by atoms with Gasteiger partial charge in [0.1, 0.15) is 0 Å². The molecule has 3 heteroatoms. The zero-order chi connectivity index (χ0) is 11.3. The van der Waals surface area contributed by atoms with E-state index in [0.717, 1.165) is 24.8 Å². The van der Waals surface area contributed by atoms with Gasteiger partial charge in [0.2, 0.25) is 0 Å². The Morgan fingerprint density at radius 3 is 2.67 bits per heavy atom. The Labute approximate surface area is 102 Å². The van der Waals surface area contributed by atoms with Crippen LogP contribution in [0.15, 0.2) is 18.2 Å². The van der Waals surface area contributed by atoms with E-state index >= 15 is 0 Å². The summed E-state index contributed by atoms with van der Waals surface area (Å²) in [4.78, 5) is 0. The van der Waals surface area contributed by atoms with Gasteiger partial charge in [-0.05, 0) is 37.9 Å². The van der Waals surface area contributed by atoms with Crippen LogP contribution in [0, 0.1) is 0 Å². The zero-order valence-electron chi connectivity index (χ0n) is 9.19. The Balaban J connectivity index is 2.61. The molecule has 0 aromatic heterocycles. The van der Waals surface area contributed by atoms with Gasteiger partial charge in [0, 0.05) is 6.04 Å². The van der Waals surface area contributed by atoms with E-state index in [1.165, 1.54) is 0 Å². The molecule has 15 heavy (non-hydrogen) atoms. The van der Waals surface area contributed by atoms with Crippen LogP contribution in [0.1, 0.15) is 25.3 Å². The predicted octanol–water partition coefficient (Wildman–Crippen LogP) is 3.92. The minimum Gasteiger partial charge on any atom is -0.317 e. The Morgan fingerprint density at radius 1 is 1.33 bits per heavy atom. The summed E-state index contributed by atoms with van der Waals surface area (Å²) in [6, 6.07) is 6.36. The van der Waals surface area contributed by atoms with Gasteiger partial charge in [-0.1, -0.05) is 42.3 Å². The molecule has 1 nitrogen and oxygen atoms in total. The topological polar surface area (TPSA) is 12.0 Å². The van der Waals surface area contributed by atoms with Crippen molar-refractivity contribution in [3.05, 3.63) is 33.8 Å². The van der Waals surface area contributed by atoms with E-state index in [-0.39, 0.29) is 0 Å². The van der Waals surface area contributed by atoms with Crippen molar-refractivity contribution in [3.63, 3.8) is 0 Å². The third-order valence-electron chi connectivity index (χ3n) is 2.69. The third-order valence-corrected chi connectivity index (χ3v) is 3.55. The Morgan fingerprint density at radius 2 is 2.07 bits per heavy atom. The molecule has 0 spiro atoms. The van der Waals surface area contributed by atoms with Gasteiger partial charge in [0.15, 0.2) is 0 Å². The number of halogens is 2. The standard InChI is InChI=1S/C12H17Cl2N/c1-3-10(15-2)8-7-9-5-4-6-11(13)12(9)14/h4-6,10,15H,3,7-8H2,1-2H3. The largest absolute Gasteiger partial charge is 0.317 e. The van der Waals surface area contributed by atoms with E-state index in [2.05, 4.69) is 12.2 Å². The number of rotatable bonds is 5. The third kappa shape index (κ3) is 3.67. The average molecular weight is 246 g/mol. The van der Waals surface area contributed by atoms with Gasteiger partial charge in [-0.25, -0.2) is 0 Å². The summed E-state index contributed by atoms with van der Waals surface area (Å²) < 4.78 is 0. The molecule has 0 heterocycles. The van der Waals surface area contributed by atoms with Gasteiger partial charge in [-0.15, -0.1) is 0 Å². The fourth-order valence-corrected chi connectivity index (χ4v) is 2.04. The van der Waals surface area contributed by atoms with Gasteiger partial charge >= 0.3 is 0 Å². The van der Waals surface area contributed by atoms with Crippen molar-refractivity contribution in [3.8, 4) is 0 Å². The molecule has 1 atom stereocenters. The molecule has 0 aliphatic carbocycles. The number of aryl methyl sites for hydroxylation is 1. The first-order valence-corrected chi connectivity index (χ1v) is 6.04. The lowest BCUT2D eigenvalue weighted by atomic mass is 10.0. The zero-order valence-corrected chi connectivity index (χ0v) is 10.7. The molecule has 0 saturated carbocycles. The monoisotopic (exact) mass is 245 g/mol. The van der Waals surface area contributed by atoms with Crippen LogP contribution in [-0.2, 0) is 6.42 Å². The molecule has 0 saturated heterocycles. The fourth-order valence-electron chi connectivity index (χ4n) is 1.62. The van der Waals surface area contributed by atoms with Crippen LogP contribution in [0.25, 0.3) is 0 Å². The summed E-state index contributed by atoms with van der Waals surface area (Å²) in [5.74, 6) is 0. The van der Waals surface area contributed by atoms with Crippen LogP contribution < -0.4 is 5.32 Å². The molecule has 1 aromatic carbocycles. The fraction of sp³-hybridized carbons (Fsp3) is 0.500. The number of hydrogen-bond donors (Lipinski definition) is 1. The Bertz CT molecular complexity index is 308. The van der Waals surface area contributed by atoms with Crippen LogP contribution >= 0.6 is 23.2 Å². The number of nitrogens with one attached hydrogen (secondary N) is 1. The van der Waals surface area contributed by atoms with Crippen LogP contribution in [0.3, 0.4) is 0 Å². The molecule has 0 fully saturated rings. The average Bonchev–Trinajstić information content (AvgIpc) is 2.25. The molecule has 0 aliphatic rings. The van der Waals surface area contributed by atoms with Crippen LogP contribution in [-0.4, -0.2) is 13.1 Å². The molecular formula is C12H17Cl2N. The minimum absolute atomic E-state index is 0.556. The first-order chi connectivity index (χ1) is 7.19. The highest BCUT2D eigenvalue weighted by atomic mass is 35.5. The lowest BCUT2D eigenvalue weighted by Crippen LogP contribution is -2.24. The Kier molecular flexibility index (Phi) is 5.44. The number of hydrogen-bond acceptors (Lipinski definition) is 1. The van der Waals surface area contributed by atoms with Crippen molar-refractivity contribution >= 4 is 23.2 Å². The first-order valence-electron chi connectivity index (χ1n) is 5.29. The molecular weight excluding hydrogens is 229 g/mol. The molecule has 0 radical (unpaired) electrons. The van der Waals surface area contributed by atoms with Crippen molar-refractivity contribution in [2.24, 2.45) is 0 Å². The van der Waals surface area contributed by atoms with Gasteiger partial charge < -0.3 is 5.32 Å². The lowest BCUT2D eigenvalue weighted by Gasteiger charge is -2.14. The summed E-state index contributed by atoms with van der Waals surface area (Å²) >= 11 is 12.1. The minimum atomic E-state index is 0.556. The van der Waals surface area contributed by atoms with Gasteiger partial charge in [-0.3, -0.25) is 0 Å². The van der Waals surface area contributed by atoms with Gasteiger partial charge in [-0.2, -0.15) is 0 Å². The van der Waals surface area contributed by atoms with Gasteiger partial charge in [0.05, 0.1) is 10.0 Å². The second kappa shape index (κ2) is 6.37. The SMILES string of the molecule is CCC(CCc1cccc(Cl)c1Cl)NC. The second-order valence-electron chi connectivity index (χ2n) is 3.65. The summed E-state index contributed by atoms with van der Waals surface area (Å²) in [7, 11) is 1.99. The van der Waals surface area contributed by atoms with E-state index < -0.39 is 0 Å². The van der Waals surface area contributed by atoms with E-state index in [1.807, 2.05) is 25.2 Å². The lowest BCUT2D eigenvalue weighted by molar-refractivity contribution is 0.509. The highest BCUT2D eigenvalue weighted by Gasteiger charge is 2.07. The molecule has 1 N–H and O–H groups in total. The van der Waals surface area contributed by atoms with E-state index in [9.17, 15) is 0 Å². The molecule has 0 bridgehead atoms. The molecule has 0 amide bonds. The van der Waals surface area contributed by atoms with Crippen molar-refractivity contribution in [2.75, 3.05) is 7.05 Å². The smallest absolute Gasteiger partial charge is 0.0624 e. The van der Waals surface area contributed by atoms with Crippen molar-refractivity contribution in [1.29, 1.82) is 0 Å². The van der Waals surface area contributed by atoms with Gasteiger partial charge in [0.25, 0.3) is 0 Å². The molecule has 1 rings (SSSR count). The van der Waals surface area contributed by atoms with Crippen molar-refractivity contribution in [2.45, 2.75) is 32.2 Å². The quantitative estimate of drug-likeness (QED) is 0.830. The molecule has 1 unspecified atom stereocenters. The molecule has 0 aliphatic heterocycles. The summed E-state index contributed by atoms with van der Waals surface area (Å²) in [5, 5.41) is 4.62. The van der Waals surface area contributed by atoms with Crippen LogP contribution in [0.5, 0.6) is 0 Å². The summed E-state index contributed by atoms with van der Waals surface area (Å²) in [6.07, 6.45) is 3.19. The molecule has 84 valence electrons. The van der Waals surface area contributed by atoms with Crippen LogP contribution in [0.2, 0.25) is 10.0 Å². The van der Waals surface area contributed by atoms with E-state index in [1.54, 1.807) is 0 Å². The maximum absolute atomic E-state index is 6.11. The van der Waals surface area contributed by atoms with Crippen molar-refractivity contribution < 1.29 is 0 Å².